The molecular formula is C28H34N2O4S. The van der Waals surface area contributed by atoms with Crippen LogP contribution in [0.4, 0.5) is 5.69 Å². The Labute approximate surface area is 208 Å². The maximum Gasteiger partial charge on any atom is 0.309 e. The summed E-state index contributed by atoms with van der Waals surface area (Å²) in [4.78, 5) is 17.2. The molecule has 2 heterocycles. The van der Waals surface area contributed by atoms with Crippen LogP contribution >= 0.6 is 0 Å². The molecule has 2 saturated carbocycles. The number of anilines is 1. The zero-order valence-electron chi connectivity index (χ0n) is 20.4. The molecule has 5 rings (SSSR count). The minimum absolute atomic E-state index is 0.00383. The molecule has 3 aliphatic rings. The zero-order valence-corrected chi connectivity index (χ0v) is 21.2. The molecule has 0 bridgehead atoms. The molecule has 6 nitrogen and oxygen atoms in total. The van der Waals surface area contributed by atoms with E-state index in [4.69, 9.17) is 4.74 Å². The van der Waals surface area contributed by atoms with Crippen molar-refractivity contribution in [1.82, 2.24) is 4.98 Å². The van der Waals surface area contributed by atoms with E-state index in [0.717, 1.165) is 23.2 Å². The number of carbonyl (C=O) groups excluding carboxylic acids is 1. The van der Waals surface area contributed by atoms with Gasteiger partial charge in [-0.3, -0.25) is 14.5 Å². The van der Waals surface area contributed by atoms with E-state index >= 15 is 0 Å². The number of allylic oxidation sites excluding steroid dienone is 1. The van der Waals surface area contributed by atoms with Gasteiger partial charge >= 0.3 is 5.97 Å². The fourth-order valence-corrected chi connectivity index (χ4v) is 7.12. The SMILES string of the molecule is CCS(=O)(=O)Nc1cccc(-c2ccc(/C=C/[C@H]3[C@@H]4CCCC[C@H]4C[C@H]4C(=O)O[C@H](C)[C@@H]34)nc2)c1. The Bertz CT molecular complexity index is 1210. The molecule has 35 heavy (non-hydrogen) atoms. The van der Waals surface area contributed by atoms with Gasteiger partial charge in [0.25, 0.3) is 0 Å². The lowest BCUT2D eigenvalue weighted by Crippen LogP contribution is -2.42. The molecule has 2 aromatic rings. The molecule has 7 heteroatoms. The van der Waals surface area contributed by atoms with Crippen molar-refractivity contribution in [1.29, 1.82) is 0 Å². The average Bonchev–Trinajstić information content (AvgIpc) is 3.15. The predicted molar refractivity (Wildman–Crippen MR) is 138 cm³/mol. The average molecular weight is 495 g/mol. The molecule has 0 spiro atoms. The molecule has 2 aliphatic carbocycles. The maximum atomic E-state index is 12.5. The molecule has 0 unspecified atom stereocenters. The topological polar surface area (TPSA) is 85.4 Å². The lowest BCUT2D eigenvalue weighted by molar-refractivity contribution is -0.144. The largest absolute Gasteiger partial charge is 0.462 e. The molecule has 0 amide bonds. The van der Waals surface area contributed by atoms with Crippen LogP contribution < -0.4 is 4.72 Å². The summed E-state index contributed by atoms with van der Waals surface area (Å²) in [6.45, 7) is 3.66. The number of sulfonamides is 1. The van der Waals surface area contributed by atoms with Gasteiger partial charge in [-0.15, -0.1) is 0 Å². The minimum Gasteiger partial charge on any atom is -0.462 e. The quantitative estimate of drug-likeness (QED) is 0.534. The number of carbonyl (C=O) groups is 1. The van der Waals surface area contributed by atoms with Gasteiger partial charge in [0, 0.05) is 23.4 Å². The summed E-state index contributed by atoms with van der Waals surface area (Å²) in [6.07, 6.45) is 12.2. The number of esters is 1. The fourth-order valence-electron chi connectivity index (χ4n) is 6.48. The first-order valence-corrected chi connectivity index (χ1v) is 14.5. The van der Waals surface area contributed by atoms with Crippen LogP contribution in [0.5, 0.6) is 0 Å². The number of aromatic nitrogens is 1. The molecule has 6 atom stereocenters. The van der Waals surface area contributed by atoms with E-state index in [0.29, 0.717) is 23.4 Å². The van der Waals surface area contributed by atoms with Crippen LogP contribution in [0.25, 0.3) is 17.2 Å². The van der Waals surface area contributed by atoms with Gasteiger partial charge in [-0.05, 0) is 74.3 Å². The lowest BCUT2D eigenvalue weighted by atomic mass is 9.57. The van der Waals surface area contributed by atoms with E-state index in [1.54, 1.807) is 13.0 Å². The first kappa shape index (κ1) is 24.0. The van der Waals surface area contributed by atoms with Crippen molar-refractivity contribution >= 4 is 27.8 Å². The van der Waals surface area contributed by atoms with E-state index < -0.39 is 10.0 Å². The van der Waals surface area contributed by atoms with Crippen molar-refractivity contribution in [3.05, 3.63) is 54.4 Å². The Balaban J connectivity index is 1.35. The number of ether oxygens (including phenoxy) is 1. The van der Waals surface area contributed by atoms with Crippen molar-refractivity contribution in [2.75, 3.05) is 10.5 Å². The molecule has 1 aliphatic heterocycles. The van der Waals surface area contributed by atoms with Crippen LogP contribution in [0.1, 0.15) is 51.6 Å². The molecule has 0 radical (unpaired) electrons. The number of cyclic esters (lactones) is 1. The van der Waals surface area contributed by atoms with Crippen LogP contribution in [-0.4, -0.2) is 31.2 Å². The zero-order chi connectivity index (χ0) is 24.6. The molecular weight excluding hydrogens is 460 g/mol. The Hall–Kier alpha value is -2.67. The summed E-state index contributed by atoms with van der Waals surface area (Å²) in [7, 11) is -3.32. The van der Waals surface area contributed by atoms with Gasteiger partial charge in [0.15, 0.2) is 0 Å². The highest BCUT2D eigenvalue weighted by molar-refractivity contribution is 7.92. The second kappa shape index (κ2) is 9.76. The number of nitrogens with one attached hydrogen (secondary N) is 1. The summed E-state index contributed by atoms with van der Waals surface area (Å²) in [6, 6.07) is 11.4. The van der Waals surface area contributed by atoms with Crippen LogP contribution in [0.15, 0.2) is 48.7 Å². The van der Waals surface area contributed by atoms with E-state index in [9.17, 15) is 13.2 Å². The Morgan fingerprint density at radius 1 is 1.14 bits per heavy atom. The van der Waals surface area contributed by atoms with Crippen LogP contribution in [0, 0.1) is 29.6 Å². The van der Waals surface area contributed by atoms with E-state index in [-0.39, 0.29) is 29.7 Å². The highest BCUT2D eigenvalue weighted by atomic mass is 32.2. The Morgan fingerprint density at radius 3 is 2.74 bits per heavy atom. The van der Waals surface area contributed by atoms with Gasteiger partial charge in [0.2, 0.25) is 10.0 Å². The monoisotopic (exact) mass is 494 g/mol. The number of hydrogen-bond acceptors (Lipinski definition) is 5. The van der Waals surface area contributed by atoms with Crippen molar-refractivity contribution in [2.45, 2.75) is 52.1 Å². The summed E-state index contributed by atoms with van der Waals surface area (Å²) in [5.74, 6) is 1.89. The maximum absolute atomic E-state index is 12.5. The Morgan fingerprint density at radius 2 is 1.97 bits per heavy atom. The number of rotatable bonds is 6. The number of hydrogen-bond donors (Lipinski definition) is 1. The number of nitrogens with zero attached hydrogens (tertiary/aromatic N) is 1. The summed E-state index contributed by atoms with van der Waals surface area (Å²) < 4.78 is 32.1. The smallest absolute Gasteiger partial charge is 0.309 e. The molecule has 1 aromatic carbocycles. The highest BCUT2D eigenvalue weighted by Crippen LogP contribution is 2.53. The third-order valence-electron chi connectivity index (χ3n) is 8.20. The van der Waals surface area contributed by atoms with Crippen molar-refractivity contribution in [3.8, 4) is 11.1 Å². The van der Waals surface area contributed by atoms with Crippen molar-refractivity contribution in [3.63, 3.8) is 0 Å². The van der Waals surface area contributed by atoms with Crippen molar-refractivity contribution < 1.29 is 17.9 Å². The Kier molecular flexibility index (Phi) is 6.71. The van der Waals surface area contributed by atoms with Gasteiger partial charge in [-0.2, -0.15) is 0 Å². The minimum atomic E-state index is -3.32. The molecule has 186 valence electrons. The summed E-state index contributed by atoms with van der Waals surface area (Å²) >= 11 is 0. The molecule has 1 aromatic heterocycles. The number of benzene rings is 1. The van der Waals surface area contributed by atoms with E-state index in [1.165, 1.54) is 25.7 Å². The van der Waals surface area contributed by atoms with E-state index in [1.807, 2.05) is 43.5 Å². The second-order valence-electron chi connectivity index (χ2n) is 10.3. The van der Waals surface area contributed by atoms with Gasteiger partial charge in [-0.1, -0.05) is 43.5 Å². The lowest BCUT2D eigenvalue weighted by Gasteiger charge is -2.45. The fraction of sp³-hybridized carbons (Fsp3) is 0.500. The van der Waals surface area contributed by atoms with Gasteiger partial charge < -0.3 is 4.74 Å². The molecule has 1 N–H and O–H groups in total. The second-order valence-corrected chi connectivity index (χ2v) is 12.3. The predicted octanol–water partition coefficient (Wildman–Crippen LogP) is 5.53. The standard InChI is InChI=1S/C28H34N2O4S/c1-3-35(32,33)30-23-9-6-8-19(15-23)21-11-12-22(29-17-21)13-14-25-24-10-5-4-7-20(24)16-26-27(25)18(2)34-28(26)31/h6,8-9,11-15,17-18,20,24-27,30H,3-5,7,10,16H2,1-2H3/b14-13+/t18-,20+,24-,25+,26-,27+/m1/s1. The van der Waals surface area contributed by atoms with Gasteiger partial charge in [0.05, 0.1) is 17.4 Å². The van der Waals surface area contributed by atoms with E-state index in [2.05, 4.69) is 21.9 Å². The summed E-state index contributed by atoms with van der Waals surface area (Å²) in [5.41, 5.74) is 3.25. The normalized spacial score (nSPS) is 30.5. The van der Waals surface area contributed by atoms with Gasteiger partial charge in [0.1, 0.15) is 6.10 Å². The van der Waals surface area contributed by atoms with Crippen LogP contribution in [-0.2, 0) is 19.6 Å². The number of pyridine rings is 1. The summed E-state index contributed by atoms with van der Waals surface area (Å²) in [5, 5.41) is 0. The van der Waals surface area contributed by atoms with Crippen LogP contribution in [0.3, 0.4) is 0 Å². The molecule has 3 fully saturated rings. The first-order chi connectivity index (χ1) is 16.8. The third kappa shape index (κ3) is 5.01. The third-order valence-corrected chi connectivity index (χ3v) is 9.51. The number of fused-ring (bicyclic) bond motifs is 2. The highest BCUT2D eigenvalue weighted by Gasteiger charge is 2.53. The van der Waals surface area contributed by atoms with Crippen LogP contribution in [0.2, 0.25) is 0 Å². The first-order valence-electron chi connectivity index (χ1n) is 12.8. The molecule has 1 saturated heterocycles. The van der Waals surface area contributed by atoms with Gasteiger partial charge in [-0.25, -0.2) is 8.42 Å². The van der Waals surface area contributed by atoms with Crippen molar-refractivity contribution in [2.24, 2.45) is 29.6 Å².